The molecule has 2 aromatic rings. The smallest absolute Gasteiger partial charge is 0.311 e. The van der Waals surface area contributed by atoms with E-state index in [-0.39, 0.29) is 12.4 Å². The molecule has 0 saturated heterocycles. The van der Waals surface area contributed by atoms with Crippen LogP contribution in [0.3, 0.4) is 0 Å². The van der Waals surface area contributed by atoms with Crippen LogP contribution in [0.25, 0.3) is 10.9 Å². The van der Waals surface area contributed by atoms with Gasteiger partial charge in [-0.3, -0.25) is 4.79 Å². The number of rotatable bonds is 3. The normalized spacial score (nSPS) is 10.6. The molecule has 1 N–H and O–H groups in total. The van der Waals surface area contributed by atoms with Gasteiger partial charge in [0.2, 0.25) is 0 Å². The molecule has 1 aromatic carbocycles. The minimum Gasteiger partial charge on any atom is -0.466 e. The molecule has 4 heteroatoms. The molecule has 0 saturated carbocycles. The van der Waals surface area contributed by atoms with Crippen LogP contribution in [-0.4, -0.2) is 17.6 Å². The van der Waals surface area contributed by atoms with Crippen LogP contribution in [0.5, 0.6) is 0 Å². The number of fused-ring (bicyclic) bond motifs is 1. The Labute approximate surface area is 102 Å². The first-order valence-corrected chi connectivity index (χ1v) is 5.91. The van der Waals surface area contributed by atoms with Crippen molar-refractivity contribution in [3.05, 3.63) is 34.4 Å². The molecular formula is C12H12BrNO2. The zero-order valence-corrected chi connectivity index (χ0v) is 10.5. The fourth-order valence-electron chi connectivity index (χ4n) is 1.64. The maximum Gasteiger partial charge on any atom is 0.311 e. The molecule has 0 aliphatic rings. The van der Waals surface area contributed by atoms with Gasteiger partial charge in [-0.25, -0.2) is 0 Å². The number of aromatic nitrogens is 1. The topological polar surface area (TPSA) is 42.1 Å². The van der Waals surface area contributed by atoms with E-state index in [4.69, 9.17) is 4.74 Å². The van der Waals surface area contributed by atoms with E-state index < -0.39 is 0 Å². The average molecular weight is 282 g/mol. The number of carbonyl (C=O) groups is 1. The Morgan fingerprint density at radius 2 is 2.31 bits per heavy atom. The van der Waals surface area contributed by atoms with Gasteiger partial charge < -0.3 is 9.72 Å². The Balaban J connectivity index is 2.26. The number of halogens is 1. The largest absolute Gasteiger partial charge is 0.466 e. The van der Waals surface area contributed by atoms with Gasteiger partial charge in [-0.1, -0.05) is 22.0 Å². The van der Waals surface area contributed by atoms with Crippen molar-refractivity contribution in [2.24, 2.45) is 0 Å². The maximum absolute atomic E-state index is 11.3. The average Bonchev–Trinajstić information content (AvgIpc) is 2.62. The Morgan fingerprint density at radius 3 is 3.00 bits per heavy atom. The number of benzene rings is 1. The number of carbonyl (C=O) groups excluding carboxylic acids is 1. The van der Waals surface area contributed by atoms with Crippen molar-refractivity contribution in [3.8, 4) is 0 Å². The molecule has 0 aliphatic carbocycles. The van der Waals surface area contributed by atoms with E-state index in [2.05, 4.69) is 20.9 Å². The molecule has 16 heavy (non-hydrogen) atoms. The van der Waals surface area contributed by atoms with Crippen LogP contribution in [0.4, 0.5) is 0 Å². The molecular weight excluding hydrogens is 270 g/mol. The number of hydrogen-bond donors (Lipinski definition) is 1. The molecule has 0 aliphatic heterocycles. The molecule has 84 valence electrons. The van der Waals surface area contributed by atoms with Gasteiger partial charge >= 0.3 is 5.97 Å². The van der Waals surface area contributed by atoms with E-state index in [0.29, 0.717) is 6.61 Å². The summed E-state index contributed by atoms with van der Waals surface area (Å²) in [6.45, 7) is 2.22. The molecule has 0 spiro atoms. The fraction of sp³-hybridized carbons (Fsp3) is 0.250. The summed E-state index contributed by atoms with van der Waals surface area (Å²) in [5.41, 5.74) is 1.90. The van der Waals surface area contributed by atoms with E-state index in [1.54, 1.807) is 6.92 Å². The van der Waals surface area contributed by atoms with E-state index in [1.807, 2.05) is 24.3 Å². The van der Waals surface area contributed by atoms with Crippen molar-refractivity contribution in [1.29, 1.82) is 0 Å². The predicted octanol–water partition coefficient (Wildman–Crippen LogP) is 3.04. The number of H-pyrrole nitrogens is 1. The molecule has 2 rings (SSSR count). The standard InChI is InChI=1S/C12H12BrNO2/c1-2-16-12(15)7-8-6-9-10(13)4-3-5-11(9)14-8/h3-6,14H,2,7H2,1H3. The summed E-state index contributed by atoms with van der Waals surface area (Å²) in [6, 6.07) is 7.88. The third kappa shape index (κ3) is 2.27. The highest BCUT2D eigenvalue weighted by molar-refractivity contribution is 9.10. The lowest BCUT2D eigenvalue weighted by Crippen LogP contribution is -2.07. The minimum absolute atomic E-state index is 0.204. The lowest BCUT2D eigenvalue weighted by atomic mass is 10.2. The second kappa shape index (κ2) is 4.70. The Morgan fingerprint density at radius 1 is 1.50 bits per heavy atom. The zero-order chi connectivity index (χ0) is 11.5. The molecule has 0 amide bonds. The van der Waals surface area contributed by atoms with Gasteiger partial charge in [0, 0.05) is 21.1 Å². The summed E-state index contributed by atoms with van der Waals surface area (Å²) in [7, 11) is 0. The van der Waals surface area contributed by atoms with Crippen molar-refractivity contribution in [3.63, 3.8) is 0 Å². The number of nitrogens with one attached hydrogen (secondary N) is 1. The van der Waals surface area contributed by atoms with E-state index in [1.165, 1.54) is 0 Å². The van der Waals surface area contributed by atoms with Gasteiger partial charge in [-0.05, 0) is 25.1 Å². The second-order valence-corrected chi connectivity index (χ2v) is 4.33. The molecule has 0 unspecified atom stereocenters. The lowest BCUT2D eigenvalue weighted by Gasteiger charge is -1.98. The summed E-state index contributed by atoms with van der Waals surface area (Å²) in [4.78, 5) is 14.5. The molecule has 0 fully saturated rings. The Hall–Kier alpha value is -1.29. The van der Waals surface area contributed by atoms with Gasteiger partial charge in [0.05, 0.1) is 13.0 Å². The molecule has 0 radical (unpaired) electrons. The summed E-state index contributed by atoms with van der Waals surface area (Å²) in [5, 5.41) is 1.08. The zero-order valence-electron chi connectivity index (χ0n) is 8.92. The first-order chi connectivity index (χ1) is 7.70. The molecule has 1 heterocycles. The predicted molar refractivity (Wildman–Crippen MR) is 66.3 cm³/mol. The van der Waals surface area contributed by atoms with Crippen LogP contribution in [-0.2, 0) is 16.0 Å². The van der Waals surface area contributed by atoms with Crippen LogP contribution < -0.4 is 0 Å². The van der Waals surface area contributed by atoms with E-state index >= 15 is 0 Å². The van der Waals surface area contributed by atoms with Gasteiger partial charge in [0.1, 0.15) is 0 Å². The first kappa shape index (κ1) is 11.2. The summed E-state index contributed by atoms with van der Waals surface area (Å²) >= 11 is 3.47. The summed E-state index contributed by atoms with van der Waals surface area (Å²) in [6.07, 6.45) is 0.287. The van der Waals surface area contributed by atoms with Crippen LogP contribution in [0.2, 0.25) is 0 Å². The van der Waals surface area contributed by atoms with Crippen molar-refractivity contribution < 1.29 is 9.53 Å². The highest BCUT2D eigenvalue weighted by atomic mass is 79.9. The molecule has 1 aromatic heterocycles. The Kier molecular flexibility index (Phi) is 3.29. The van der Waals surface area contributed by atoms with Crippen molar-refractivity contribution in [1.82, 2.24) is 4.98 Å². The first-order valence-electron chi connectivity index (χ1n) is 5.12. The Bertz CT molecular complexity index is 519. The van der Waals surface area contributed by atoms with E-state index in [9.17, 15) is 4.79 Å². The van der Waals surface area contributed by atoms with Crippen LogP contribution >= 0.6 is 15.9 Å². The van der Waals surface area contributed by atoms with Gasteiger partial charge in [-0.2, -0.15) is 0 Å². The third-order valence-corrected chi connectivity index (χ3v) is 3.00. The van der Waals surface area contributed by atoms with Crippen LogP contribution in [0.15, 0.2) is 28.7 Å². The van der Waals surface area contributed by atoms with Gasteiger partial charge in [0.15, 0.2) is 0 Å². The summed E-state index contributed by atoms with van der Waals surface area (Å²) < 4.78 is 5.93. The lowest BCUT2D eigenvalue weighted by molar-refractivity contribution is -0.142. The highest BCUT2D eigenvalue weighted by Gasteiger charge is 2.08. The van der Waals surface area contributed by atoms with Crippen molar-refractivity contribution >= 4 is 32.8 Å². The quantitative estimate of drug-likeness (QED) is 0.879. The van der Waals surface area contributed by atoms with Crippen molar-refractivity contribution in [2.75, 3.05) is 6.61 Å². The van der Waals surface area contributed by atoms with Crippen LogP contribution in [0.1, 0.15) is 12.6 Å². The third-order valence-electron chi connectivity index (χ3n) is 2.31. The highest BCUT2D eigenvalue weighted by Crippen LogP contribution is 2.24. The van der Waals surface area contributed by atoms with E-state index in [0.717, 1.165) is 21.1 Å². The number of hydrogen-bond acceptors (Lipinski definition) is 2. The SMILES string of the molecule is CCOC(=O)Cc1cc2c(Br)cccc2[nH]1. The van der Waals surface area contributed by atoms with Gasteiger partial charge in [-0.15, -0.1) is 0 Å². The molecule has 0 atom stereocenters. The number of aromatic amines is 1. The summed E-state index contributed by atoms with van der Waals surface area (Å²) in [5.74, 6) is -0.204. The molecule has 0 bridgehead atoms. The maximum atomic E-state index is 11.3. The molecule has 3 nitrogen and oxygen atoms in total. The van der Waals surface area contributed by atoms with Gasteiger partial charge in [0.25, 0.3) is 0 Å². The van der Waals surface area contributed by atoms with Crippen LogP contribution in [0, 0.1) is 0 Å². The number of esters is 1. The number of ether oxygens (including phenoxy) is 1. The monoisotopic (exact) mass is 281 g/mol. The second-order valence-electron chi connectivity index (χ2n) is 3.48. The van der Waals surface area contributed by atoms with Crippen molar-refractivity contribution in [2.45, 2.75) is 13.3 Å². The fourth-order valence-corrected chi connectivity index (χ4v) is 2.12. The minimum atomic E-state index is -0.204.